The van der Waals surface area contributed by atoms with Gasteiger partial charge in [-0.1, -0.05) is 11.6 Å². The molecule has 0 saturated heterocycles. The number of carbonyl (C=O) groups is 1. The van der Waals surface area contributed by atoms with Crippen molar-refractivity contribution in [3.8, 4) is 5.75 Å². The fourth-order valence-corrected chi connectivity index (χ4v) is 1.66. The van der Waals surface area contributed by atoms with E-state index in [0.29, 0.717) is 17.2 Å². The molecule has 0 fully saturated rings. The number of carbonyl (C=O) groups excluding carboxylic acids is 1. The molecule has 0 unspecified atom stereocenters. The maximum atomic E-state index is 11.3. The third kappa shape index (κ3) is 1.39. The van der Waals surface area contributed by atoms with Crippen LogP contribution in [-0.2, 0) is 0 Å². The summed E-state index contributed by atoms with van der Waals surface area (Å²) in [6, 6.07) is 2.90. The summed E-state index contributed by atoms with van der Waals surface area (Å²) in [5, 5.41) is 9.95. The van der Waals surface area contributed by atoms with Crippen molar-refractivity contribution >= 4 is 28.9 Å². The Kier molecular flexibility index (Phi) is 2.44. The minimum Gasteiger partial charge on any atom is -0.507 e. The van der Waals surface area contributed by atoms with Crippen LogP contribution in [0.5, 0.6) is 5.75 Å². The SMILES string of the molecule is Cc1c(Cl)c(=O)oc2c(C=O)c(O)ccc12. The molecule has 82 valence electrons. The van der Waals surface area contributed by atoms with E-state index in [9.17, 15) is 14.7 Å². The van der Waals surface area contributed by atoms with Crippen molar-refractivity contribution in [1.82, 2.24) is 0 Å². The number of hydrogen-bond donors (Lipinski definition) is 1. The van der Waals surface area contributed by atoms with Crippen LogP contribution in [-0.4, -0.2) is 11.4 Å². The fraction of sp³-hybridized carbons (Fsp3) is 0.0909. The highest BCUT2D eigenvalue weighted by atomic mass is 35.5. The largest absolute Gasteiger partial charge is 0.507 e. The number of benzene rings is 1. The van der Waals surface area contributed by atoms with Crippen LogP contribution in [0.25, 0.3) is 11.0 Å². The fourth-order valence-electron chi connectivity index (χ4n) is 1.52. The lowest BCUT2D eigenvalue weighted by molar-refractivity contribution is 0.112. The molecule has 0 amide bonds. The van der Waals surface area contributed by atoms with Crippen molar-refractivity contribution in [1.29, 1.82) is 0 Å². The highest BCUT2D eigenvalue weighted by molar-refractivity contribution is 6.32. The number of phenols is 1. The lowest BCUT2D eigenvalue weighted by Gasteiger charge is -2.05. The van der Waals surface area contributed by atoms with Crippen LogP contribution >= 0.6 is 11.6 Å². The Morgan fingerprint density at radius 3 is 2.75 bits per heavy atom. The number of aldehydes is 1. The van der Waals surface area contributed by atoms with Gasteiger partial charge in [0.1, 0.15) is 10.8 Å². The van der Waals surface area contributed by atoms with Crippen LogP contribution in [0.3, 0.4) is 0 Å². The Morgan fingerprint density at radius 2 is 2.12 bits per heavy atom. The predicted octanol–water partition coefficient (Wildman–Crippen LogP) is 2.27. The number of rotatable bonds is 1. The van der Waals surface area contributed by atoms with E-state index in [0.717, 1.165) is 0 Å². The first-order chi connectivity index (χ1) is 7.56. The smallest absolute Gasteiger partial charge is 0.355 e. The molecule has 2 aromatic rings. The van der Waals surface area contributed by atoms with Crippen LogP contribution in [0.2, 0.25) is 5.02 Å². The summed E-state index contributed by atoms with van der Waals surface area (Å²) in [6.45, 7) is 1.65. The minimum atomic E-state index is -0.722. The van der Waals surface area contributed by atoms with E-state index in [2.05, 4.69) is 0 Å². The van der Waals surface area contributed by atoms with Crippen LogP contribution in [0.15, 0.2) is 21.3 Å². The van der Waals surface area contributed by atoms with Gasteiger partial charge >= 0.3 is 5.63 Å². The molecule has 4 nitrogen and oxygen atoms in total. The lowest BCUT2D eigenvalue weighted by Crippen LogP contribution is -2.03. The molecular weight excluding hydrogens is 232 g/mol. The number of aryl methyl sites for hydroxylation is 1. The van der Waals surface area contributed by atoms with Gasteiger partial charge in [0.15, 0.2) is 11.9 Å². The summed E-state index contributed by atoms with van der Waals surface area (Å²) < 4.78 is 4.90. The zero-order chi connectivity index (χ0) is 11.9. The number of halogens is 1. The second-order valence-electron chi connectivity index (χ2n) is 3.32. The van der Waals surface area contributed by atoms with Crippen LogP contribution in [0, 0.1) is 6.92 Å². The van der Waals surface area contributed by atoms with Crippen LogP contribution < -0.4 is 5.63 Å². The Labute approximate surface area is 95.1 Å². The maximum absolute atomic E-state index is 11.3. The van der Waals surface area contributed by atoms with E-state index >= 15 is 0 Å². The predicted molar refractivity (Wildman–Crippen MR) is 59.3 cm³/mol. The molecule has 1 N–H and O–H groups in total. The van der Waals surface area contributed by atoms with Crippen LogP contribution in [0.4, 0.5) is 0 Å². The topological polar surface area (TPSA) is 67.5 Å². The highest BCUT2D eigenvalue weighted by Gasteiger charge is 2.14. The zero-order valence-corrected chi connectivity index (χ0v) is 9.04. The Balaban J connectivity index is 3.07. The van der Waals surface area contributed by atoms with Gasteiger partial charge in [-0.05, 0) is 24.6 Å². The first-order valence-electron chi connectivity index (χ1n) is 4.46. The molecule has 0 saturated carbocycles. The Hall–Kier alpha value is -1.81. The molecule has 0 bridgehead atoms. The van der Waals surface area contributed by atoms with Gasteiger partial charge in [0, 0.05) is 5.39 Å². The quantitative estimate of drug-likeness (QED) is 0.611. The molecule has 1 aromatic carbocycles. The van der Waals surface area contributed by atoms with Gasteiger partial charge in [0.05, 0.1) is 5.56 Å². The van der Waals surface area contributed by atoms with Crippen molar-refractivity contribution < 1.29 is 14.3 Å². The van der Waals surface area contributed by atoms with E-state index in [1.54, 1.807) is 13.0 Å². The van der Waals surface area contributed by atoms with Crippen molar-refractivity contribution in [2.24, 2.45) is 0 Å². The normalized spacial score (nSPS) is 10.6. The molecule has 1 aromatic heterocycles. The summed E-state index contributed by atoms with van der Waals surface area (Å²) in [5.74, 6) is -0.229. The molecule has 0 radical (unpaired) electrons. The van der Waals surface area contributed by atoms with Gasteiger partial charge in [-0.15, -0.1) is 0 Å². The van der Waals surface area contributed by atoms with E-state index in [4.69, 9.17) is 16.0 Å². The monoisotopic (exact) mass is 238 g/mol. The first kappa shape index (κ1) is 10.7. The number of phenolic OH excluding ortho intramolecular Hbond substituents is 1. The summed E-state index contributed by atoms with van der Waals surface area (Å²) in [6.07, 6.45) is 0.438. The van der Waals surface area contributed by atoms with Crippen molar-refractivity contribution in [3.05, 3.63) is 38.7 Å². The first-order valence-corrected chi connectivity index (χ1v) is 4.84. The highest BCUT2D eigenvalue weighted by Crippen LogP contribution is 2.29. The molecule has 0 atom stereocenters. The second kappa shape index (κ2) is 3.64. The molecule has 0 aliphatic heterocycles. The maximum Gasteiger partial charge on any atom is 0.355 e. The molecule has 16 heavy (non-hydrogen) atoms. The van der Waals surface area contributed by atoms with E-state index in [1.165, 1.54) is 6.07 Å². The average Bonchev–Trinajstić information content (AvgIpc) is 2.26. The van der Waals surface area contributed by atoms with Gasteiger partial charge in [0.2, 0.25) is 0 Å². The van der Waals surface area contributed by atoms with E-state index < -0.39 is 5.63 Å². The van der Waals surface area contributed by atoms with Gasteiger partial charge in [-0.2, -0.15) is 0 Å². The van der Waals surface area contributed by atoms with Gasteiger partial charge < -0.3 is 9.52 Å². The van der Waals surface area contributed by atoms with Gasteiger partial charge in [-0.3, -0.25) is 4.79 Å². The molecule has 2 rings (SSSR count). The van der Waals surface area contributed by atoms with E-state index in [1.807, 2.05) is 0 Å². The Morgan fingerprint density at radius 1 is 1.44 bits per heavy atom. The summed E-state index contributed by atoms with van der Waals surface area (Å²) >= 11 is 5.73. The van der Waals surface area contributed by atoms with Crippen molar-refractivity contribution in [3.63, 3.8) is 0 Å². The molecule has 5 heteroatoms. The summed E-state index contributed by atoms with van der Waals surface area (Å²) in [5.41, 5.74) is -0.187. The summed E-state index contributed by atoms with van der Waals surface area (Å²) in [7, 11) is 0. The van der Waals surface area contributed by atoms with E-state index in [-0.39, 0.29) is 21.9 Å². The standard InChI is InChI=1S/C11H7ClO4/c1-5-6-2-3-8(14)7(4-13)10(6)16-11(15)9(5)12/h2-4,14H,1H3. The zero-order valence-electron chi connectivity index (χ0n) is 8.28. The second-order valence-corrected chi connectivity index (χ2v) is 3.70. The number of hydrogen-bond acceptors (Lipinski definition) is 4. The number of aromatic hydroxyl groups is 1. The van der Waals surface area contributed by atoms with Gasteiger partial charge in [0.25, 0.3) is 0 Å². The van der Waals surface area contributed by atoms with Gasteiger partial charge in [-0.25, -0.2) is 4.79 Å². The number of fused-ring (bicyclic) bond motifs is 1. The third-order valence-electron chi connectivity index (χ3n) is 2.40. The van der Waals surface area contributed by atoms with Crippen molar-refractivity contribution in [2.45, 2.75) is 6.92 Å². The van der Waals surface area contributed by atoms with Crippen LogP contribution in [0.1, 0.15) is 15.9 Å². The third-order valence-corrected chi connectivity index (χ3v) is 2.84. The summed E-state index contributed by atoms with van der Waals surface area (Å²) in [4.78, 5) is 22.1. The molecular formula is C11H7ClO4. The molecule has 0 aliphatic rings. The molecule has 0 spiro atoms. The van der Waals surface area contributed by atoms with Crippen molar-refractivity contribution in [2.75, 3.05) is 0 Å². The minimum absolute atomic E-state index is 0.0185. The average molecular weight is 239 g/mol. The lowest BCUT2D eigenvalue weighted by atomic mass is 10.1. The Bertz CT molecular complexity index is 642. The molecule has 0 aliphatic carbocycles. The molecule has 1 heterocycles.